The van der Waals surface area contributed by atoms with Crippen LogP contribution in [0.2, 0.25) is 0 Å². The minimum Gasteiger partial charge on any atom is -0.452 e. The quantitative estimate of drug-likeness (QED) is 0.710. The zero-order valence-electron chi connectivity index (χ0n) is 10.5. The second kappa shape index (κ2) is 6.30. The van der Waals surface area contributed by atoms with Crippen molar-refractivity contribution in [3.8, 4) is 0 Å². The Balaban J connectivity index is 2.88. The van der Waals surface area contributed by atoms with E-state index in [1.165, 1.54) is 38.4 Å². The van der Waals surface area contributed by atoms with E-state index in [9.17, 15) is 18.0 Å². The van der Waals surface area contributed by atoms with Crippen molar-refractivity contribution in [1.82, 2.24) is 10.0 Å². The number of benzene rings is 1. The van der Waals surface area contributed by atoms with Gasteiger partial charge in [-0.25, -0.2) is 17.9 Å². The second-order valence-corrected chi connectivity index (χ2v) is 5.37. The lowest BCUT2D eigenvalue weighted by atomic mass is 10.2. The normalized spacial score (nSPS) is 10.8. The number of hydrogen-bond acceptors (Lipinski definition) is 5. The molecule has 0 saturated carbocycles. The number of esters is 1. The Labute approximate surface area is 111 Å². The zero-order valence-corrected chi connectivity index (χ0v) is 11.3. The van der Waals surface area contributed by atoms with Crippen molar-refractivity contribution >= 4 is 21.9 Å². The molecule has 8 heteroatoms. The smallest absolute Gasteiger partial charge is 0.338 e. The molecule has 19 heavy (non-hydrogen) atoms. The van der Waals surface area contributed by atoms with E-state index in [-0.39, 0.29) is 10.5 Å². The first-order valence-corrected chi connectivity index (χ1v) is 6.80. The Bertz CT molecular complexity index is 583. The molecule has 1 aromatic carbocycles. The number of hydrogen-bond donors (Lipinski definition) is 2. The summed E-state index contributed by atoms with van der Waals surface area (Å²) in [7, 11) is -0.944. The lowest BCUT2D eigenvalue weighted by Gasteiger charge is -2.06. The molecule has 0 aliphatic heterocycles. The van der Waals surface area contributed by atoms with Crippen molar-refractivity contribution in [3.63, 3.8) is 0 Å². The van der Waals surface area contributed by atoms with Gasteiger partial charge in [0, 0.05) is 7.05 Å². The third-order valence-corrected chi connectivity index (χ3v) is 3.67. The fourth-order valence-corrected chi connectivity index (χ4v) is 1.97. The highest BCUT2D eigenvalue weighted by atomic mass is 32.2. The van der Waals surface area contributed by atoms with Crippen LogP contribution in [0.4, 0.5) is 0 Å². The Kier molecular flexibility index (Phi) is 5.02. The van der Waals surface area contributed by atoms with Crippen LogP contribution in [0, 0.1) is 0 Å². The van der Waals surface area contributed by atoms with Crippen molar-refractivity contribution in [2.45, 2.75) is 4.90 Å². The van der Waals surface area contributed by atoms with E-state index in [1.54, 1.807) is 0 Å². The van der Waals surface area contributed by atoms with Gasteiger partial charge < -0.3 is 10.1 Å². The summed E-state index contributed by atoms with van der Waals surface area (Å²) in [6, 6.07) is 5.35. The van der Waals surface area contributed by atoms with Crippen molar-refractivity contribution in [2.24, 2.45) is 0 Å². The van der Waals surface area contributed by atoms with Crippen molar-refractivity contribution in [2.75, 3.05) is 20.7 Å². The average Bonchev–Trinajstić information content (AvgIpc) is 2.44. The minimum absolute atomic E-state index is 0.0515. The lowest BCUT2D eigenvalue weighted by molar-refractivity contribution is -0.123. The van der Waals surface area contributed by atoms with Crippen molar-refractivity contribution in [3.05, 3.63) is 29.8 Å². The van der Waals surface area contributed by atoms with Gasteiger partial charge in [0.2, 0.25) is 10.0 Å². The number of nitrogens with one attached hydrogen (secondary N) is 2. The molecule has 1 amide bonds. The Morgan fingerprint density at radius 1 is 1.26 bits per heavy atom. The molecule has 0 radical (unpaired) electrons. The molecule has 0 fully saturated rings. The molecule has 104 valence electrons. The maximum absolute atomic E-state index is 11.6. The maximum atomic E-state index is 11.6. The van der Waals surface area contributed by atoms with Gasteiger partial charge in [-0.2, -0.15) is 0 Å². The first-order valence-electron chi connectivity index (χ1n) is 5.32. The first kappa shape index (κ1) is 15.1. The highest BCUT2D eigenvalue weighted by molar-refractivity contribution is 7.89. The number of carbonyl (C=O) groups is 2. The van der Waals surface area contributed by atoms with Crippen LogP contribution in [0.25, 0.3) is 0 Å². The van der Waals surface area contributed by atoms with Crippen LogP contribution < -0.4 is 10.0 Å². The molecule has 1 aromatic rings. The number of likely N-dealkylation sites (N-methyl/N-ethyl adjacent to an activating group) is 1. The molecule has 0 saturated heterocycles. The van der Waals surface area contributed by atoms with Gasteiger partial charge in [-0.3, -0.25) is 4.79 Å². The van der Waals surface area contributed by atoms with Gasteiger partial charge in [0.05, 0.1) is 10.5 Å². The summed E-state index contributed by atoms with van der Waals surface area (Å²) in [5, 5.41) is 2.29. The van der Waals surface area contributed by atoms with Gasteiger partial charge in [0.25, 0.3) is 5.91 Å². The Hall–Kier alpha value is -1.93. The molecule has 0 aliphatic carbocycles. The fraction of sp³-hybridized carbons (Fsp3) is 0.273. The summed E-state index contributed by atoms with van der Waals surface area (Å²) >= 11 is 0. The predicted molar refractivity (Wildman–Crippen MR) is 67.0 cm³/mol. The Morgan fingerprint density at radius 2 is 1.95 bits per heavy atom. The van der Waals surface area contributed by atoms with Gasteiger partial charge in [-0.05, 0) is 25.2 Å². The third-order valence-electron chi connectivity index (χ3n) is 2.26. The van der Waals surface area contributed by atoms with E-state index in [4.69, 9.17) is 4.74 Å². The molecule has 0 aromatic heterocycles. The van der Waals surface area contributed by atoms with Crippen LogP contribution in [0.1, 0.15) is 10.4 Å². The molecule has 0 atom stereocenters. The van der Waals surface area contributed by atoms with E-state index >= 15 is 0 Å². The van der Waals surface area contributed by atoms with Crippen LogP contribution in [-0.4, -0.2) is 41.0 Å². The standard InChI is InChI=1S/C11H14N2O5S/c1-12-10(14)7-18-11(15)8-4-3-5-9(6-8)19(16,17)13-2/h3-6,13H,7H2,1-2H3,(H,12,14). The molecule has 1 rings (SSSR count). The van der Waals surface area contributed by atoms with E-state index in [2.05, 4.69) is 10.0 Å². The SMILES string of the molecule is CNC(=O)COC(=O)c1cccc(S(=O)(=O)NC)c1. The van der Waals surface area contributed by atoms with E-state index in [0.29, 0.717) is 0 Å². The zero-order chi connectivity index (χ0) is 14.5. The molecular weight excluding hydrogens is 272 g/mol. The first-order chi connectivity index (χ1) is 8.90. The fourth-order valence-electron chi connectivity index (χ4n) is 1.19. The minimum atomic E-state index is -3.63. The highest BCUT2D eigenvalue weighted by Crippen LogP contribution is 2.11. The number of sulfonamides is 1. The number of ether oxygens (including phenoxy) is 1. The molecular formula is C11H14N2O5S. The largest absolute Gasteiger partial charge is 0.452 e. The molecule has 0 bridgehead atoms. The maximum Gasteiger partial charge on any atom is 0.338 e. The van der Waals surface area contributed by atoms with E-state index < -0.39 is 28.5 Å². The molecule has 0 unspecified atom stereocenters. The van der Waals surface area contributed by atoms with E-state index in [0.717, 1.165) is 0 Å². The molecule has 2 N–H and O–H groups in total. The number of carbonyl (C=O) groups excluding carboxylic acids is 2. The number of rotatable bonds is 5. The van der Waals surface area contributed by atoms with Crippen LogP contribution in [-0.2, 0) is 19.6 Å². The summed E-state index contributed by atoms with van der Waals surface area (Å²) < 4.78 is 30.0. The van der Waals surface area contributed by atoms with Gasteiger partial charge in [0.15, 0.2) is 6.61 Å². The van der Waals surface area contributed by atoms with Gasteiger partial charge >= 0.3 is 5.97 Å². The highest BCUT2D eigenvalue weighted by Gasteiger charge is 2.15. The summed E-state index contributed by atoms with van der Waals surface area (Å²) in [6.45, 7) is -0.418. The second-order valence-electron chi connectivity index (χ2n) is 3.48. The molecule has 0 heterocycles. The monoisotopic (exact) mass is 286 g/mol. The van der Waals surface area contributed by atoms with Crippen molar-refractivity contribution in [1.29, 1.82) is 0 Å². The molecule has 0 spiro atoms. The van der Waals surface area contributed by atoms with Crippen LogP contribution >= 0.6 is 0 Å². The summed E-state index contributed by atoms with van der Waals surface area (Å²) in [6.07, 6.45) is 0. The predicted octanol–water partition coefficient (Wildman–Crippen LogP) is -0.502. The summed E-state index contributed by atoms with van der Waals surface area (Å²) in [5.41, 5.74) is 0.0558. The molecule has 0 aliphatic rings. The average molecular weight is 286 g/mol. The van der Waals surface area contributed by atoms with Crippen LogP contribution in [0.5, 0.6) is 0 Å². The summed E-state index contributed by atoms with van der Waals surface area (Å²) in [4.78, 5) is 22.5. The van der Waals surface area contributed by atoms with Gasteiger partial charge in [0.1, 0.15) is 0 Å². The van der Waals surface area contributed by atoms with Crippen LogP contribution in [0.3, 0.4) is 0 Å². The topological polar surface area (TPSA) is 102 Å². The van der Waals surface area contributed by atoms with Gasteiger partial charge in [-0.1, -0.05) is 6.07 Å². The van der Waals surface area contributed by atoms with E-state index in [1.807, 2.05) is 0 Å². The van der Waals surface area contributed by atoms with Crippen LogP contribution in [0.15, 0.2) is 29.2 Å². The Morgan fingerprint density at radius 3 is 2.53 bits per heavy atom. The summed E-state index contributed by atoms with van der Waals surface area (Å²) in [5.74, 6) is -1.22. The lowest BCUT2D eigenvalue weighted by Crippen LogP contribution is -2.25. The van der Waals surface area contributed by atoms with Gasteiger partial charge in [-0.15, -0.1) is 0 Å². The van der Waals surface area contributed by atoms with Crippen molar-refractivity contribution < 1.29 is 22.7 Å². The molecule has 7 nitrogen and oxygen atoms in total. The third kappa shape index (κ3) is 4.04. The number of amides is 1.